The van der Waals surface area contributed by atoms with Crippen molar-refractivity contribution in [2.75, 3.05) is 19.6 Å². The molecule has 0 aromatic rings. The van der Waals surface area contributed by atoms with Gasteiger partial charge >= 0.3 is 0 Å². The first-order valence-electron chi connectivity index (χ1n) is 7.76. The highest BCUT2D eigenvalue weighted by Crippen LogP contribution is 2.69. The smallest absolute Gasteiger partial charge is 0.226 e. The minimum Gasteiger partial charge on any atom is -0.341 e. The fourth-order valence-electron chi connectivity index (χ4n) is 4.70. The van der Waals surface area contributed by atoms with Crippen molar-refractivity contribution in [1.29, 1.82) is 0 Å². The van der Waals surface area contributed by atoms with Gasteiger partial charge in [0.1, 0.15) is 0 Å². The van der Waals surface area contributed by atoms with E-state index in [1.165, 1.54) is 19.3 Å². The van der Waals surface area contributed by atoms with Gasteiger partial charge < -0.3 is 10.6 Å². The van der Waals surface area contributed by atoms with Crippen LogP contribution in [0.4, 0.5) is 0 Å². The maximum absolute atomic E-state index is 12.6. The minimum absolute atomic E-state index is 0.389. The van der Waals surface area contributed by atoms with Crippen LogP contribution in [0.2, 0.25) is 0 Å². The number of carbonyl (C=O) groups is 1. The van der Waals surface area contributed by atoms with Gasteiger partial charge in [-0.2, -0.15) is 0 Å². The van der Waals surface area contributed by atoms with Crippen LogP contribution in [-0.4, -0.2) is 30.4 Å². The number of rotatable bonds is 6. The van der Waals surface area contributed by atoms with E-state index >= 15 is 0 Å². The van der Waals surface area contributed by atoms with Gasteiger partial charge in [0.15, 0.2) is 0 Å². The van der Waals surface area contributed by atoms with Crippen molar-refractivity contribution >= 4 is 5.91 Å². The third-order valence-corrected chi connectivity index (χ3v) is 5.51. The molecule has 1 amide bonds. The summed E-state index contributed by atoms with van der Waals surface area (Å²) in [6.07, 6.45) is 6.46. The molecule has 0 spiro atoms. The van der Waals surface area contributed by atoms with Crippen LogP contribution in [0.3, 0.4) is 0 Å². The highest BCUT2D eigenvalue weighted by Gasteiger charge is 2.67. The molecule has 0 radical (unpaired) electrons. The van der Waals surface area contributed by atoms with Crippen molar-refractivity contribution in [2.45, 2.75) is 39.0 Å². The minimum atomic E-state index is 0.389. The highest BCUT2D eigenvalue weighted by molar-refractivity contribution is 5.83. The largest absolute Gasteiger partial charge is 0.341 e. The van der Waals surface area contributed by atoms with Crippen molar-refractivity contribution in [3.05, 3.63) is 0 Å². The summed E-state index contributed by atoms with van der Waals surface area (Å²) in [4.78, 5) is 14.7. The Bertz CT molecular complexity index is 314. The van der Waals surface area contributed by atoms with E-state index in [-0.39, 0.29) is 0 Å². The van der Waals surface area contributed by atoms with E-state index in [1.54, 1.807) is 0 Å². The molecule has 0 saturated heterocycles. The predicted molar refractivity (Wildman–Crippen MR) is 71.8 cm³/mol. The van der Waals surface area contributed by atoms with Crippen molar-refractivity contribution in [3.8, 4) is 0 Å². The molecule has 0 aliphatic heterocycles. The van der Waals surface area contributed by atoms with Crippen molar-refractivity contribution in [2.24, 2.45) is 35.3 Å². The fourth-order valence-corrected chi connectivity index (χ4v) is 4.70. The summed E-state index contributed by atoms with van der Waals surface area (Å²) in [6.45, 7) is 4.45. The van der Waals surface area contributed by atoms with Gasteiger partial charge in [0.05, 0.1) is 0 Å². The molecule has 0 aromatic heterocycles. The number of amides is 1. The Balaban J connectivity index is 1.60. The number of fused-ring (bicyclic) bond motifs is 5. The number of nitrogens with two attached hydrogens (primary N) is 1. The lowest BCUT2D eigenvalue weighted by atomic mass is 10.0. The molecule has 4 unspecified atom stereocenters. The Morgan fingerprint density at radius 2 is 1.89 bits per heavy atom. The molecule has 4 atom stereocenters. The maximum Gasteiger partial charge on any atom is 0.226 e. The summed E-state index contributed by atoms with van der Waals surface area (Å²) in [5.41, 5.74) is 5.65. The number of hydrogen-bond donors (Lipinski definition) is 1. The predicted octanol–water partition coefficient (Wildman–Crippen LogP) is 1.87. The number of hydrogen-bond acceptors (Lipinski definition) is 2. The van der Waals surface area contributed by atoms with E-state index in [0.29, 0.717) is 18.4 Å². The molecule has 102 valence electrons. The van der Waals surface area contributed by atoms with E-state index < -0.39 is 0 Å². The van der Waals surface area contributed by atoms with Crippen LogP contribution in [0.1, 0.15) is 39.0 Å². The van der Waals surface area contributed by atoms with Crippen LogP contribution < -0.4 is 5.73 Å². The quantitative estimate of drug-likeness (QED) is 0.782. The SMILES string of the molecule is CCCCN(CCN)C(=O)C1C2C3CCC(C3)C12. The normalized spacial score (nSPS) is 39.8. The van der Waals surface area contributed by atoms with Gasteiger partial charge in [-0.1, -0.05) is 13.3 Å². The van der Waals surface area contributed by atoms with Crippen LogP contribution >= 0.6 is 0 Å². The zero-order valence-electron chi connectivity index (χ0n) is 11.5. The summed E-state index contributed by atoms with van der Waals surface area (Å²) in [6, 6.07) is 0. The van der Waals surface area contributed by atoms with Gasteiger partial charge in [0, 0.05) is 25.6 Å². The van der Waals surface area contributed by atoms with Gasteiger partial charge in [-0.3, -0.25) is 4.79 Å². The Morgan fingerprint density at radius 3 is 2.44 bits per heavy atom. The molecule has 0 aromatic carbocycles. The second kappa shape index (κ2) is 4.84. The summed E-state index contributed by atoms with van der Waals surface area (Å²) in [5, 5.41) is 0. The second-order valence-electron chi connectivity index (χ2n) is 6.48. The molecule has 2 bridgehead atoms. The Labute approximate surface area is 110 Å². The molecule has 18 heavy (non-hydrogen) atoms. The average molecular weight is 250 g/mol. The van der Waals surface area contributed by atoms with Gasteiger partial charge in [-0.25, -0.2) is 0 Å². The standard InChI is InChI=1S/C15H26N2O/c1-2-3-7-17(8-6-16)15(18)14-12-10-4-5-11(9-10)13(12)14/h10-14H,2-9,16H2,1H3. The zero-order chi connectivity index (χ0) is 12.7. The summed E-state index contributed by atoms with van der Waals surface area (Å²) >= 11 is 0. The van der Waals surface area contributed by atoms with E-state index in [2.05, 4.69) is 6.92 Å². The molecular weight excluding hydrogens is 224 g/mol. The van der Waals surface area contributed by atoms with Crippen molar-refractivity contribution in [3.63, 3.8) is 0 Å². The molecule has 3 nitrogen and oxygen atoms in total. The molecular formula is C15H26N2O. The Hall–Kier alpha value is -0.570. The van der Waals surface area contributed by atoms with Crippen LogP contribution in [0, 0.1) is 29.6 Å². The van der Waals surface area contributed by atoms with Crippen LogP contribution in [0.5, 0.6) is 0 Å². The molecule has 0 heterocycles. The first-order chi connectivity index (χ1) is 8.77. The molecule has 3 aliphatic carbocycles. The summed E-state index contributed by atoms with van der Waals surface area (Å²) in [7, 11) is 0. The molecule has 3 fully saturated rings. The van der Waals surface area contributed by atoms with E-state index in [4.69, 9.17) is 5.73 Å². The lowest BCUT2D eigenvalue weighted by Crippen LogP contribution is -2.38. The van der Waals surface area contributed by atoms with Crippen LogP contribution in [0.15, 0.2) is 0 Å². The maximum atomic E-state index is 12.6. The topological polar surface area (TPSA) is 46.3 Å². The number of unbranched alkanes of at least 4 members (excludes halogenated alkanes) is 1. The third kappa shape index (κ3) is 1.87. The van der Waals surface area contributed by atoms with E-state index in [1.807, 2.05) is 4.90 Å². The van der Waals surface area contributed by atoms with Crippen LogP contribution in [-0.2, 0) is 4.79 Å². The van der Waals surface area contributed by atoms with Crippen LogP contribution in [0.25, 0.3) is 0 Å². The zero-order valence-corrected chi connectivity index (χ0v) is 11.5. The van der Waals surface area contributed by atoms with E-state index in [9.17, 15) is 4.79 Å². The lowest BCUT2D eigenvalue weighted by molar-refractivity contribution is -0.133. The summed E-state index contributed by atoms with van der Waals surface area (Å²) in [5.74, 6) is 4.12. The van der Waals surface area contributed by atoms with Gasteiger partial charge in [0.2, 0.25) is 5.91 Å². The van der Waals surface area contributed by atoms with Crippen molar-refractivity contribution < 1.29 is 4.79 Å². The molecule has 3 rings (SSSR count). The molecule has 2 N–H and O–H groups in total. The Morgan fingerprint density at radius 1 is 1.22 bits per heavy atom. The molecule has 3 heteroatoms. The third-order valence-electron chi connectivity index (χ3n) is 5.51. The van der Waals surface area contributed by atoms with Gasteiger partial charge in [-0.15, -0.1) is 0 Å². The van der Waals surface area contributed by atoms with E-state index in [0.717, 1.165) is 49.6 Å². The van der Waals surface area contributed by atoms with Crippen molar-refractivity contribution in [1.82, 2.24) is 4.90 Å². The number of carbonyl (C=O) groups excluding carboxylic acids is 1. The van der Waals surface area contributed by atoms with Gasteiger partial charge in [0.25, 0.3) is 0 Å². The Kier molecular flexibility index (Phi) is 3.35. The highest BCUT2D eigenvalue weighted by atomic mass is 16.2. The lowest BCUT2D eigenvalue weighted by Gasteiger charge is -2.23. The molecule has 3 saturated carbocycles. The first kappa shape index (κ1) is 12.5. The van der Waals surface area contributed by atoms with Gasteiger partial charge in [-0.05, 0) is 49.4 Å². The molecule has 3 aliphatic rings. The summed E-state index contributed by atoms with van der Waals surface area (Å²) < 4.78 is 0. The fraction of sp³-hybridized carbons (Fsp3) is 0.933. The monoisotopic (exact) mass is 250 g/mol. The average Bonchev–Trinajstić information content (AvgIpc) is 2.81. The number of nitrogens with zero attached hydrogens (tertiary/aromatic N) is 1. The first-order valence-corrected chi connectivity index (χ1v) is 7.76. The second-order valence-corrected chi connectivity index (χ2v) is 6.48.